The maximum atomic E-state index is 13.8. The molecule has 0 amide bonds. The van der Waals surface area contributed by atoms with Gasteiger partial charge in [-0.25, -0.2) is 4.39 Å². The van der Waals surface area contributed by atoms with Crippen molar-refractivity contribution in [3.8, 4) is 0 Å². The van der Waals surface area contributed by atoms with Crippen LogP contribution in [0, 0.1) is 11.7 Å². The van der Waals surface area contributed by atoms with Crippen molar-refractivity contribution in [3.05, 3.63) is 34.1 Å². The fourth-order valence-corrected chi connectivity index (χ4v) is 3.78. The van der Waals surface area contributed by atoms with E-state index in [4.69, 9.17) is 0 Å². The van der Waals surface area contributed by atoms with Crippen LogP contribution in [0.15, 0.2) is 22.7 Å². The molecule has 2 atom stereocenters. The second-order valence-corrected chi connectivity index (χ2v) is 6.26. The van der Waals surface area contributed by atoms with Crippen LogP contribution in [0.4, 0.5) is 4.39 Å². The topological polar surface area (TPSA) is 3.24 Å². The van der Waals surface area contributed by atoms with E-state index < -0.39 is 0 Å². The number of hydrogen-bond acceptors (Lipinski definition) is 1. The van der Waals surface area contributed by atoms with Crippen LogP contribution in [0.2, 0.25) is 0 Å². The van der Waals surface area contributed by atoms with Gasteiger partial charge < -0.3 is 0 Å². The lowest BCUT2D eigenvalue weighted by Gasteiger charge is -2.25. The second kappa shape index (κ2) is 5.81. The van der Waals surface area contributed by atoms with E-state index in [9.17, 15) is 4.39 Å². The summed E-state index contributed by atoms with van der Waals surface area (Å²) >= 11 is 6.84. The molecule has 1 aliphatic rings. The Morgan fingerprint density at radius 2 is 2.24 bits per heavy atom. The molecule has 0 aliphatic carbocycles. The van der Waals surface area contributed by atoms with Crippen molar-refractivity contribution in [2.75, 3.05) is 11.9 Å². The van der Waals surface area contributed by atoms with Gasteiger partial charge in [0.05, 0.1) is 0 Å². The summed E-state index contributed by atoms with van der Waals surface area (Å²) in [6, 6.07) is 5.84. The molecular weight excluding hydrogens is 349 g/mol. The molecular formula is C13H16Br2FN. The highest BCUT2D eigenvalue weighted by molar-refractivity contribution is 9.10. The zero-order valence-corrected chi connectivity index (χ0v) is 13.0. The average molecular weight is 365 g/mol. The van der Waals surface area contributed by atoms with Crippen molar-refractivity contribution in [3.63, 3.8) is 0 Å². The SMILES string of the molecule is CC1CCN(Cc2ccc(Br)cc2F)C1CBr. The molecule has 0 N–H and O–H groups in total. The normalized spacial score (nSPS) is 25.4. The Morgan fingerprint density at radius 3 is 2.88 bits per heavy atom. The number of benzene rings is 1. The molecule has 1 aliphatic heterocycles. The lowest BCUT2D eigenvalue weighted by atomic mass is 10.0. The van der Waals surface area contributed by atoms with Gasteiger partial charge in [-0.15, -0.1) is 0 Å². The summed E-state index contributed by atoms with van der Waals surface area (Å²) in [5.41, 5.74) is 0.785. The maximum Gasteiger partial charge on any atom is 0.128 e. The fourth-order valence-electron chi connectivity index (χ4n) is 2.40. The summed E-state index contributed by atoms with van der Waals surface area (Å²) in [5.74, 6) is 0.570. The summed E-state index contributed by atoms with van der Waals surface area (Å²) in [6.07, 6.45) is 1.20. The van der Waals surface area contributed by atoms with Gasteiger partial charge in [0.25, 0.3) is 0 Å². The zero-order valence-electron chi connectivity index (χ0n) is 9.80. The van der Waals surface area contributed by atoms with E-state index in [1.807, 2.05) is 12.1 Å². The van der Waals surface area contributed by atoms with Gasteiger partial charge in [0.1, 0.15) is 5.82 Å². The molecule has 0 aromatic heterocycles. The number of nitrogens with zero attached hydrogens (tertiary/aromatic N) is 1. The predicted molar refractivity (Wildman–Crippen MR) is 75.9 cm³/mol. The van der Waals surface area contributed by atoms with Crippen molar-refractivity contribution >= 4 is 31.9 Å². The Morgan fingerprint density at radius 1 is 1.47 bits per heavy atom. The first-order valence-electron chi connectivity index (χ1n) is 5.85. The Hall–Kier alpha value is 0.0700. The molecule has 0 saturated carbocycles. The van der Waals surface area contributed by atoms with Gasteiger partial charge in [0.2, 0.25) is 0 Å². The Labute approximate surface area is 119 Å². The van der Waals surface area contributed by atoms with E-state index in [-0.39, 0.29) is 5.82 Å². The first kappa shape index (κ1) is 13.5. The van der Waals surface area contributed by atoms with E-state index in [1.165, 1.54) is 12.5 Å². The van der Waals surface area contributed by atoms with Gasteiger partial charge in [0.15, 0.2) is 0 Å². The van der Waals surface area contributed by atoms with Crippen molar-refractivity contribution in [1.29, 1.82) is 0 Å². The van der Waals surface area contributed by atoms with Gasteiger partial charge in [-0.05, 0) is 31.0 Å². The van der Waals surface area contributed by atoms with Gasteiger partial charge in [-0.3, -0.25) is 4.90 Å². The fraction of sp³-hybridized carbons (Fsp3) is 0.538. The van der Waals surface area contributed by atoms with E-state index in [0.717, 1.165) is 21.9 Å². The van der Waals surface area contributed by atoms with Crippen molar-refractivity contribution in [1.82, 2.24) is 4.90 Å². The van der Waals surface area contributed by atoms with Gasteiger partial charge in [0, 0.05) is 28.0 Å². The van der Waals surface area contributed by atoms with Crippen molar-refractivity contribution in [2.24, 2.45) is 5.92 Å². The van der Waals surface area contributed by atoms with E-state index in [2.05, 4.69) is 43.7 Å². The minimum Gasteiger partial charge on any atom is -0.295 e. The van der Waals surface area contributed by atoms with E-state index >= 15 is 0 Å². The van der Waals surface area contributed by atoms with Crippen LogP contribution < -0.4 is 0 Å². The number of halogens is 3. The largest absolute Gasteiger partial charge is 0.295 e. The van der Waals surface area contributed by atoms with Crippen LogP contribution in [0.25, 0.3) is 0 Å². The molecule has 4 heteroatoms. The molecule has 1 aromatic rings. The smallest absolute Gasteiger partial charge is 0.128 e. The van der Waals surface area contributed by atoms with Crippen LogP contribution in [0.1, 0.15) is 18.9 Å². The zero-order chi connectivity index (χ0) is 12.4. The molecule has 17 heavy (non-hydrogen) atoms. The molecule has 2 unspecified atom stereocenters. The first-order valence-corrected chi connectivity index (χ1v) is 7.77. The third-order valence-electron chi connectivity index (χ3n) is 3.54. The Balaban J connectivity index is 2.10. The van der Waals surface area contributed by atoms with E-state index in [0.29, 0.717) is 18.5 Å². The third-order valence-corrected chi connectivity index (χ3v) is 4.70. The molecule has 1 nitrogen and oxygen atoms in total. The highest BCUT2D eigenvalue weighted by Crippen LogP contribution is 2.28. The standard InChI is InChI=1S/C13H16Br2FN/c1-9-4-5-17(13(9)7-14)8-10-2-3-11(15)6-12(10)16/h2-3,6,9,13H,4-5,7-8H2,1H3. The summed E-state index contributed by atoms with van der Waals surface area (Å²) in [7, 11) is 0. The van der Waals surface area contributed by atoms with Gasteiger partial charge in [-0.2, -0.15) is 0 Å². The third kappa shape index (κ3) is 3.09. The second-order valence-electron chi connectivity index (χ2n) is 4.69. The van der Waals surface area contributed by atoms with Crippen molar-refractivity contribution < 1.29 is 4.39 Å². The summed E-state index contributed by atoms with van der Waals surface area (Å²) < 4.78 is 14.6. The summed E-state index contributed by atoms with van der Waals surface area (Å²) in [4.78, 5) is 2.37. The van der Waals surface area contributed by atoms with Gasteiger partial charge >= 0.3 is 0 Å². The van der Waals surface area contributed by atoms with Crippen molar-refractivity contribution in [2.45, 2.75) is 25.9 Å². The van der Waals surface area contributed by atoms with Crippen LogP contribution in [-0.4, -0.2) is 22.8 Å². The minimum atomic E-state index is -0.118. The molecule has 94 valence electrons. The first-order chi connectivity index (χ1) is 8.11. The maximum absolute atomic E-state index is 13.8. The summed E-state index contributed by atoms with van der Waals surface area (Å²) in [6.45, 7) is 4.04. The quantitative estimate of drug-likeness (QED) is 0.726. The molecule has 1 saturated heterocycles. The Bertz CT molecular complexity index is 397. The van der Waals surface area contributed by atoms with Crippen LogP contribution in [0.3, 0.4) is 0 Å². The van der Waals surface area contributed by atoms with E-state index in [1.54, 1.807) is 0 Å². The average Bonchev–Trinajstić information content (AvgIpc) is 2.63. The predicted octanol–water partition coefficient (Wildman–Crippen LogP) is 4.19. The minimum absolute atomic E-state index is 0.118. The molecule has 0 bridgehead atoms. The number of alkyl halides is 1. The number of rotatable bonds is 3. The summed E-state index contributed by atoms with van der Waals surface area (Å²) in [5, 5.41) is 0.965. The van der Waals surface area contributed by atoms with Crippen LogP contribution >= 0.6 is 31.9 Å². The van der Waals surface area contributed by atoms with Crippen LogP contribution in [-0.2, 0) is 6.54 Å². The highest BCUT2D eigenvalue weighted by atomic mass is 79.9. The molecule has 0 spiro atoms. The lowest BCUT2D eigenvalue weighted by molar-refractivity contribution is 0.241. The lowest BCUT2D eigenvalue weighted by Crippen LogP contribution is -2.33. The van der Waals surface area contributed by atoms with Gasteiger partial charge in [-0.1, -0.05) is 44.8 Å². The Kier molecular flexibility index (Phi) is 4.61. The molecule has 1 heterocycles. The monoisotopic (exact) mass is 363 g/mol. The number of hydrogen-bond donors (Lipinski definition) is 0. The molecule has 1 fully saturated rings. The molecule has 2 rings (SSSR count). The molecule has 1 aromatic carbocycles. The molecule has 0 radical (unpaired) electrons. The highest BCUT2D eigenvalue weighted by Gasteiger charge is 2.30. The number of likely N-dealkylation sites (tertiary alicyclic amines) is 1. The van der Waals surface area contributed by atoms with Crippen LogP contribution in [0.5, 0.6) is 0 Å².